The van der Waals surface area contributed by atoms with Crippen LogP contribution in [-0.2, 0) is 16.1 Å². The second kappa shape index (κ2) is 7.46. The lowest BCUT2D eigenvalue weighted by atomic mass is 10.1. The Balaban J connectivity index is 2.20. The van der Waals surface area contributed by atoms with Gasteiger partial charge in [0.15, 0.2) is 0 Å². The number of hydrogen-bond acceptors (Lipinski definition) is 4. The van der Waals surface area contributed by atoms with Gasteiger partial charge in [-0.05, 0) is 45.4 Å². The smallest absolute Gasteiger partial charge is 0.332 e. The summed E-state index contributed by atoms with van der Waals surface area (Å²) >= 11 is 0. The first-order valence-electron chi connectivity index (χ1n) is 9.20. The van der Waals surface area contributed by atoms with Gasteiger partial charge in [-0.3, -0.25) is 13.9 Å². The van der Waals surface area contributed by atoms with E-state index in [1.54, 1.807) is 52.0 Å². The minimum Gasteiger partial charge on any atom is -0.458 e. The van der Waals surface area contributed by atoms with Gasteiger partial charge in [-0.15, -0.1) is 0 Å². The number of benzene rings is 2. The van der Waals surface area contributed by atoms with Crippen LogP contribution < -0.4 is 11.2 Å². The molecule has 6 heteroatoms. The third-order valence-electron chi connectivity index (χ3n) is 4.39. The van der Waals surface area contributed by atoms with Crippen molar-refractivity contribution in [2.45, 2.75) is 45.9 Å². The third kappa shape index (κ3) is 3.91. The monoisotopic (exact) mass is 380 g/mol. The summed E-state index contributed by atoms with van der Waals surface area (Å²) in [5.74, 6) is -0.523. The molecule has 0 radical (unpaired) electrons. The van der Waals surface area contributed by atoms with Gasteiger partial charge in [0.1, 0.15) is 11.6 Å². The van der Waals surface area contributed by atoms with E-state index in [1.165, 1.54) is 9.13 Å². The lowest BCUT2D eigenvalue weighted by molar-refractivity contribution is -0.158. The molecule has 0 fully saturated rings. The SMILES string of the molecule is CC(C(=O)OC(C)(C)C)n1c(=O)n(Cc2ccccc2)c(=O)c2ccccc21. The summed E-state index contributed by atoms with van der Waals surface area (Å²) in [4.78, 5) is 38.8. The number of fused-ring (bicyclic) bond motifs is 1. The second-order valence-electron chi connectivity index (χ2n) is 7.76. The molecule has 1 unspecified atom stereocenters. The Bertz CT molecular complexity index is 1120. The number of aromatic nitrogens is 2. The van der Waals surface area contributed by atoms with E-state index in [-0.39, 0.29) is 12.1 Å². The first kappa shape index (κ1) is 19.6. The Hall–Kier alpha value is -3.15. The Morgan fingerprint density at radius 3 is 2.25 bits per heavy atom. The molecule has 0 aliphatic rings. The van der Waals surface area contributed by atoms with Crippen LogP contribution in [0.3, 0.4) is 0 Å². The van der Waals surface area contributed by atoms with Gasteiger partial charge in [0.05, 0.1) is 17.4 Å². The van der Waals surface area contributed by atoms with Crippen LogP contribution in [0.2, 0.25) is 0 Å². The highest BCUT2D eigenvalue weighted by molar-refractivity contribution is 5.81. The van der Waals surface area contributed by atoms with Crippen LogP contribution in [0.1, 0.15) is 39.3 Å². The van der Waals surface area contributed by atoms with Gasteiger partial charge in [-0.2, -0.15) is 0 Å². The molecule has 0 saturated carbocycles. The molecule has 0 aliphatic heterocycles. The van der Waals surface area contributed by atoms with E-state index in [9.17, 15) is 14.4 Å². The average Bonchev–Trinajstić information content (AvgIpc) is 2.64. The van der Waals surface area contributed by atoms with Gasteiger partial charge < -0.3 is 4.74 Å². The van der Waals surface area contributed by atoms with E-state index in [1.807, 2.05) is 30.3 Å². The molecule has 0 spiro atoms. The zero-order valence-electron chi connectivity index (χ0n) is 16.5. The quantitative estimate of drug-likeness (QED) is 0.652. The van der Waals surface area contributed by atoms with E-state index in [4.69, 9.17) is 4.74 Å². The van der Waals surface area contributed by atoms with Crippen molar-refractivity contribution in [3.8, 4) is 0 Å². The summed E-state index contributed by atoms with van der Waals surface area (Å²) in [5, 5.41) is 0.383. The Morgan fingerprint density at radius 2 is 1.61 bits per heavy atom. The highest BCUT2D eigenvalue weighted by atomic mass is 16.6. The van der Waals surface area contributed by atoms with Crippen LogP contribution in [0.4, 0.5) is 0 Å². The molecule has 6 nitrogen and oxygen atoms in total. The van der Waals surface area contributed by atoms with Crippen molar-refractivity contribution in [1.29, 1.82) is 0 Å². The molecule has 146 valence electrons. The maximum atomic E-state index is 13.2. The number of nitrogens with zero attached hydrogens (tertiary/aromatic N) is 2. The van der Waals surface area contributed by atoms with Gasteiger partial charge in [-0.1, -0.05) is 42.5 Å². The molecular formula is C22H24N2O4. The molecule has 0 saturated heterocycles. The largest absolute Gasteiger partial charge is 0.458 e. The number of ether oxygens (including phenoxy) is 1. The Kier molecular flexibility index (Phi) is 5.23. The maximum Gasteiger partial charge on any atom is 0.332 e. The van der Waals surface area contributed by atoms with Crippen molar-refractivity contribution in [3.05, 3.63) is 81.0 Å². The van der Waals surface area contributed by atoms with Crippen molar-refractivity contribution >= 4 is 16.9 Å². The molecular weight excluding hydrogens is 356 g/mol. The van der Waals surface area contributed by atoms with E-state index in [0.717, 1.165) is 5.56 Å². The van der Waals surface area contributed by atoms with Gasteiger partial charge in [0, 0.05) is 0 Å². The summed E-state index contributed by atoms with van der Waals surface area (Å²) in [5.41, 5.74) is -0.347. The van der Waals surface area contributed by atoms with Crippen LogP contribution in [0.15, 0.2) is 64.2 Å². The zero-order chi connectivity index (χ0) is 20.5. The Labute approximate surface area is 163 Å². The van der Waals surface area contributed by atoms with Crippen LogP contribution >= 0.6 is 0 Å². The van der Waals surface area contributed by atoms with E-state index in [0.29, 0.717) is 10.9 Å². The highest BCUT2D eigenvalue weighted by Crippen LogP contribution is 2.18. The minimum atomic E-state index is -0.876. The van der Waals surface area contributed by atoms with Crippen molar-refractivity contribution < 1.29 is 9.53 Å². The molecule has 1 heterocycles. The first-order chi connectivity index (χ1) is 13.2. The highest BCUT2D eigenvalue weighted by Gasteiger charge is 2.26. The maximum absolute atomic E-state index is 13.2. The summed E-state index contributed by atoms with van der Waals surface area (Å²) in [7, 11) is 0. The summed E-state index contributed by atoms with van der Waals surface area (Å²) in [6.07, 6.45) is 0. The fraction of sp³-hybridized carbons (Fsp3) is 0.318. The van der Waals surface area contributed by atoms with Gasteiger partial charge in [0.2, 0.25) is 0 Å². The van der Waals surface area contributed by atoms with E-state index >= 15 is 0 Å². The van der Waals surface area contributed by atoms with Crippen LogP contribution in [0, 0.1) is 0 Å². The fourth-order valence-corrected chi connectivity index (χ4v) is 3.10. The average molecular weight is 380 g/mol. The molecule has 28 heavy (non-hydrogen) atoms. The predicted octanol–water partition coefficient (Wildman–Crippen LogP) is 3.11. The van der Waals surface area contributed by atoms with Gasteiger partial charge >= 0.3 is 11.7 Å². The molecule has 0 amide bonds. The molecule has 0 bridgehead atoms. The third-order valence-corrected chi connectivity index (χ3v) is 4.39. The fourth-order valence-electron chi connectivity index (χ4n) is 3.10. The number of carbonyl (C=O) groups excluding carboxylic acids is 1. The second-order valence-corrected chi connectivity index (χ2v) is 7.76. The van der Waals surface area contributed by atoms with Crippen LogP contribution in [-0.4, -0.2) is 20.7 Å². The lowest BCUT2D eigenvalue weighted by Crippen LogP contribution is -2.43. The van der Waals surface area contributed by atoms with Crippen LogP contribution in [0.25, 0.3) is 10.9 Å². The van der Waals surface area contributed by atoms with E-state index < -0.39 is 23.3 Å². The first-order valence-corrected chi connectivity index (χ1v) is 9.20. The molecule has 1 atom stereocenters. The Morgan fingerprint density at radius 1 is 1.00 bits per heavy atom. The number of hydrogen-bond donors (Lipinski definition) is 0. The predicted molar refractivity (Wildman–Crippen MR) is 109 cm³/mol. The topological polar surface area (TPSA) is 70.3 Å². The summed E-state index contributed by atoms with van der Waals surface area (Å²) < 4.78 is 7.97. The van der Waals surface area contributed by atoms with Crippen molar-refractivity contribution in [3.63, 3.8) is 0 Å². The zero-order valence-corrected chi connectivity index (χ0v) is 16.5. The summed E-state index contributed by atoms with van der Waals surface area (Å²) in [6, 6.07) is 15.2. The number of para-hydroxylation sites is 1. The molecule has 0 N–H and O–H groups in total. The van der Waals surface area contributed by atoms with Gasteiger partial charge in [0.25, 0.3) is 5.56 Å². The van der Waals surface area contributed by atoms with Crippen molar-refractivity contribution in [1.82, 2.24) is 9.13 Å². The number of carbonyl (C=O) groups is 1. The van der Waals surface area contributed by atoms with Crippen molar-refractivity contribution in [2.24, 2.45) is 0 Å². The summed E-state index contributed by atoms with van der Waals surface area (Å²) in [6.45, 7) is 7.06. The lowest BCUT2D eigenvalue weighted by Gasteiger charge is -2.24. The molecule has 3 aromatic rings. The normalized spacial score (nSPS) is 12.7. The molecule has 1 aromatic heterocycles. The molecule has 3 rings (SSSR count). The molecule has 2 aromatic carbocycles. The van der Waals surface area contributed by atoms with Gasteiger partial charge in [-0.25, -0.2) is 9.59 Å². The van der Waals surface area contributed by atoms with Crippen molar-refractivity contribution in [2.75, 3.05) is 0 Å². The van der Waals surface area contributed by atoms with E-state index in [2.05, 4.69) is 0 Å². The number of rotatable bonds is 4. The van der Waals surface area contributed by atoms with Crippen LogP contribution in [0.5, 0.6) is 0 Å². The molecule has 0 aliphatic carbocycles. The number of esters is 1. The minimum absolute atomic E-state index is 0.129. The standard InChI is InChI=1S/C22H24N2O4/c1-15(20(26)28-22(2,3)4)24-18-13-9-8-12-17(18)19(25)23(21(24)27)14-16-10-6-5-7-11-16/h5-13,15H,14H2,1-4H3.